The second kappa shape index (κ2) is 8.08. The largest absolute Gasteiger partial charge is 0.480 e. The van der Waals surface area contributed by atoms with E-state index in [-0.39, 0.29) is 30.9 Å². The maximum atomic E-state index is 11.5. The average Bonchev–Trinajstić information content (AvgIpc) is 2.36. The number of anilines is 1. The maximum Gasteiger partial charge on any atom is 0.320 e. The molecule has 0 aliphatic rings. The minimum atomic E-state index is -1.16. The van der Waals surface area contributed by atoms with Crippen molar-refractivity contribution in [2.45, 2.75) is 18.9 Å². The fourth-order valence-corrected chi connectivity index (χ4v) is 1.30. The van der Waals surface area contributed by atoms with E-state index in [2.05, 4.69) is 5.32 Å². The monoisotopic (exact) mass is 303 g/mol. The van der Waals surface area contributed by atoms with Gasteiger partial charge in [0.25, 0.3) is 5.69 Å². The zero-order valence-electron chi connectivity index (χ0n) is 10.3. The Hall–Kier alpha value is -2.19. The number of nitrogens with two attached hydrogens (primary N) is 1. The van der Waals surface area contributed by atoms with E-state index in [1.165, 1.54) is 24.3 Å². The van der Waals surface area contributed by atoms with Gasteiger partial charge in [-0.2, -0.15) is 0 Å². The van der Waals surface area contributed by atoms with Gasteiger partial charge in [-0.1, -0.05) is 0 Å². The summed E-state index contributed by atoms with van der Waals surface area (Å²) >= 11 is 0. The Morgan fingerprint density at radius 2 is 1.90 bits per heavy atom. The summed E-state index contributed by atoms with van der Waals surface area (Å²) in [6.45, 7) is 0. The lowest BCUT2D eigenvalue weighted by atomic mass is 10.1. The molecule has 1 amide bonds. The summed E-state index contributed by atoms with van der Waals surface area (Å²) in [4.78, 5) is 31.8. The van der Waals surface area contributed by atoms with E-state index in [1.807, 2.05) is 0 Å². The molecule has 0 aromatic heterocycles. The van der Waals surface area contributed by atoms with E-state index in [1.54, 1.807) is 0 Å². The maximum absolute atomic E-state index is 11.5. The molecule has 20 heavy (non-hydrogen) atoms. The first kappa shape index (κ1) is 17.8. The van der Waals surface area contributed by atoms with Crippen molar-refractivity contribution in [3.05, 3.63) is 34.4 Å². The molecule has 0 aliphatic heterocycles. The van der Waals surface area contributed by atoms with Crippen molar-refractivity contribution in [2.24, 2.45) is 5.73 Å². The van der Waals surface area contributed by atoms with Gasteiger partial charge in [-0.3, -0.25) is 19.7 Å². The fraction of sp³-hybridized carbons (Fsp3) is 0.273. The molecule has 0 spiro atoms. The molecule has 0 heterocycles. The minimum absolute atomic E-state index is 0. The van der Waals surface area contributed by atoms with Crippen molar-refractivity contribution in [1.29, 1.82) is 0 Å². The highest BCUT2D eigenvalue weighted by molar-refractivity contribution is 5.91. The number of amides is 1. The van der Waals surface area contributed by atoms with E-state index in [4.69, 9.17) is 10.8 Å². The fourth-order valence-electron chi connectivity index (χ4n) is 1.30. The van der Waals surface area contributed by atoms with Crippen molar-refractivity contribution in [1.82, 2.24) is 0 Å². The van der Waals surface area contributed by atoms with Crippen LogP contribution in [0.15, 0.2) is 24.3 Å². The number of nitrogens with one attached hydrogen (secondary N) is 1. The normalized spacial score (nSPS) is 11.1. The van der Waals surface area contributed by atoms with Crippen molar-refractivity contribution < 1.29 is 19.6 Å². The molecule has 0 saturated heterocycles. The molecule has 0 bridgehead atoms. The Bertz CT molecular complexity index is 491. The lowest BCUT2D eigenvalue weighted by molar-refractivity contribution is -0.384. The molecule has 0 fully saturated rings. The summed E-state index contributed by atoms with van der Waals surface area (Å²) in [6, 6.07) is 4.24. The van der Waals surface area contributed by atoms with Gasteiger partial charge in [0.15, 0.2) is 0 Å². The Morgan fingerprint density at radius 1 is 1.35 bits per heavy atom. The number of carbonyl (C=O) groups excluding carboxylic acids is 1. The van der Waals surface area contributed by atoms with Crippen LogP contribution in [0.4, 0.5) is 11.4 Å². The lowest BCUT2D eigenvalue weighted by Crippen LogP contribution is -2.31. The number of aliphatic carboxylic acids is 1. The van der Waals surface area contributed by atoms with Gasteiger partial charge < -0.3 is 16.2 Å². The first-order valence-corrected chi connectivity index (χ1v) is 5.43. The second-order valence-electron chi connectivity index (χ2n) is 3.84. The van der Waals surface area contributed by atoms with Gasteiger partial charge in [0, 0.05) is 24.2 Å². The number of rotatable bonds is 6. The number of nitrogens with zero attached hydrogens (tertiary/aromatic N) is 1. The van der Waals surface area contributed by atoms with E-state index in [9.17, 15) is 19.7 Å². The third-order valence-corrected chi connectivity index (χ3v) is 2.36. The number of carbonyl (C=O) groups is 2. The minimum Gasteiger partial charge on any atom is -0.480 e. The van der Waals surface area contributed by atoms with Gasteiger partial charge >= 0.3 is 5.97 Å². The molecule has 0 radical (unpaired) electrons. The number of halogens is 1. The molecule has 110 valence electrons. The van der Waals surface area contributed by atoms with E-state index in [0.717, 1.165) is 0 Å². The van der Waals surface area contributed by atoms with Crippen LogP contribution in [0, 0.1) is 10.1 Å². The van der Waals surface area contributed by atoms with E-state index < -0.39 is 22.8 Å². The molecule has 0 saturated carbocycles. The summed E-state index contributed by atoms with van der Waals surface area (Å²) in [5.74, 6) is -1.56. The van der Waals surface area contributed by atoms with Crippen LogP contribution in [0.2, 0.25) is 0 Å². The van der Waals surface area contributed by atoms with Crippen LogP contribution in [0.25, 0.3) is 0 Å². The van der Waals surface area contributed by atoms with Crippen LogP contribution in [-0.2, 0) is 9.59 Å². The number of hydrogen-bond donors (Lipinski definition) is 3. The first-order chi connectivity index (χ1) is 8.90. The molecule has 9 heteroatoms. The molecule has 1 aromatic carbocycles. The second-order valence-corrected chi connectivity index (χ2v) is 3.84. The quantitative estimate of drug-likeness (QED) is 0.532. The van der Waals surface area contributed by atoms with Crippen LogP contribution in [0.3, 0.4) is 0 Å². The smallest absolute Gasteiger partial charge is 0.320 e. The SMILES string of the molecule is Cl.N[C@@H](CCC(=O)Nc1ccc([N+](=O)[O-])cc1)C(=O)O. The van der Waals surface area contributed by atoms with Crippen molar-refractivity contribution >= 4 is 35.7 Å². The van der Waals surface area contributed by atoms with E-state index >= 15 is 0 Å². The zero-order valence-corrected chi connectivity index (χ0v) is 11.1. The molecule has 8 nitrogen and oxygen atoms in total. The third kappa shape index (κ3) is 5.63. The molecule has 1 rings (SSSR count). The highest BCUT2D eigenvalue weighted by Gasteiger charge is 2.13. The Kier molecular flexibility index (Phi) is 7.19. The topological polar surface area (TPSA) is 136 Å². The molecular formula is C11H14ClN3O5. The predicted molar refractivity (Wildman–Crippen MR) is 73.8 cm³/mol. The van der Waals surface area contributed by atoms with Crippen molar-refractivity contribution in [3.63, 3.8) is 0 Å². The number of carboxylic acids is 1. The Morgan fingerprint density at radius 3 is 2.35 bits per heavy atom. The summed E-state index contributed by atoms with van der Waals surface area (Å²) in [5.41, 5.74) is 5.58. The lowest BCUT2D eigenvalue weighted by Gasteiger charge is -2.07. The highest BCUT2D eigenvalue weighted by atomic mass is 35.5. The summed E-state index contributed by atoms with van der Waals surface area (Å²) in [6.07, 6.45) is -0.0153. The Balaban J connectivity index is 0.00000361. The first-order valence-electron chi connectivity index (χ1n) is 5.43. The van der Waals surface area contributed by atoms with E-state index in [0.29, 0.717) is 5.69 Å². The number of hydrogen-bond acceptors (Lipinski definition) is 5. The molecule has 1 atom stereocenters. The van der Waals surface area contributed by atoms with Crippen LogP contribution in [0.5, 0.6) is 0 Å². The van der Waals surface area contributed by atoms with Crippen LogP contribution >= 0.6 is 12.4 Å². The van der Waals surface area contributed by atoms with Gasteiger partial charge in [-0.15, -0.1) is 12.4 Å². The number of non-ortho nitro benzene ring substituents is 1. The number of nitro groups is 1. The van der Waals surface area contributed by atoms with Gasteiger partial charge in [-0.05, 0) is 18.6 Å². The predicted octanol–water partition coefficient (Wildman–Crippen LogP) is 1.15. The van der Waals surface area contributed by atoms with Crippen LogP contribution in [-0.4, -0.2) is 27.9 Å². The van der Waals surface area contributed by atoms with Gasteiger partial charge in [0.1, 0.15) is 6.04 Å². The zero-order chi connectivity index (χ0) is 14.4. The summed E-state index contributed by atoms with van der Waals surface area (Å²) in [7, 11) is 0. The van der Waals surface area contributed by atoms with Crippen LogP contribution < -0.4 is 11.1 Å². The van der Waals surface area contributed by atoms with Gasteiger partial charge in [0.05, 0.1) is 4.92 Å². The number of carboxylic acid groups (broad SMARTS) is 1. The molecule has 0 aliphatic carbocycles. The molecule has 1 aromatic rings. The van der Waals surface area contributed by atoms with Gasteiger partial charge in [-0.25, -0.2) is 0 Å². The standard InChI is InChI=1S/C11H13N3O5.ClH/c12-9(11(16)17)5-6-10(15)13-7-1-3-8(4-2-7)14(18)19;/h1-4,9H,5-6,12H2,(H,13,15)(H,16,17);1H/t9-;/m0./s1. The molecule has 4 N–H and O–H groups in total. The van der Waals surface area contributed by atoms with Crippen LogP contribution in [0.1, 0.15) is 12.8 Å². The average molecular weight is 304 g/mol. The summed E-state index contributed by atoms with van der Waals surface area (Å²) in [5, 5.41) is 21.5. The molecule has 0 unspecified atom stereocenters. The third-order valence-electron chi connectivity index (χ3n) is 2.36. The number of nitro benzene ring substituents is 1. The Labute approximate surface area is 120 Å². The highest BCUT2D eigenvalue weighted by Crippen LogP contribution is 2.15. The summed E-state index contributed by atoms with van der Waals surface area (Å²) < 4.78 is 0. The van der Waals surface area contributed by atoms with Crippen molar-refractivity contribution in [3.8, 4) is 0 Å². The molecular weight excluding hydrogens is 290 g/mol. The van der Waals surface area contributed by atoms with Gasteiger partial charge in [0.2, 0.25) is 5.91 Å². The van der Waals surface area contributed by atoms with Crippen molar-refractivity contribution in [2.75, 3.05) is 5.32 Å². The number of benzene rings is 1.